The van der Waals surface area contributed by atoms with Crippen molar-refractivity contribution in [1.29, 1.82) is 0 Å². The van der Waals surface area contributed by atoms with E-state index < -0.39 is 0 Å². The monoisotopic (exact) mass is 280 g/mol. The molecule has 0 aliphatic carbocycles. The molecule has 1 aromatic carbocycles. The van der Waals surface area contributed by atoms with Crippen molar-refractivity contribution in [3.05, 3.63) is 56.2 Å². The van der Waals surface area contributed by atoms with Crippen molar-refractivity contribution >= 4 is 33.6 Å². The Morgan fingerprint density at radius 3 is 2.80 bits per heavy atom. The van der Waals surface area contributed by atoms with Crippen LogP contribution in [0.3, 0.4) is 0 Å². The van der Waals surface area contributed by atoms with Crippen LogP contribution in [0, 0.1) is 0 Å². The summed E-state index contributed by atoms with van der Waals surface area (Å²) in [5.41, 5.74) is 2.44. The summed E-state index contributed by atoms with van der Waals surface area (Å²) in [5, 5.41) is 2.03. The summed E-state index contributed by atoms with van der Waals surface area (Å²) in [7, 11) is 0. The van der Waals surface area contributed by atoms with Gasteiger partial charge in [0.1, 0.15) is 0 Å². The second-order valence-electron chi connectivity index (χ2n) is 3.28. The molecular weight excluding hydrogens is 272 g/mol. The lowest BCUT2D eigenvalue weighted by molar-refractivity contribution is 0.112. The molecule has 1 nitrogen and oxygen atoms in total. The number of hydrogen-bond donors (Lipinski definition) is 0. The van der Waals surface area contributed by atoms with Gasteiger partial charge in [0, 0.05) is 4.47 Å². The van der Waals surface area contributed by atoms with Crippen molar-refractivity contribution in [1.82, 2.24) is 0 Å². The van der Waals surface area contributed by atoms with E-state index in [0.717, 1.165) is 22.1 Å². The van der Waals surface area contributed by atoms with E-state index in [0.29, 0.717) is 0 Å². The fourth-order valence-electron chi connectivity index (χ4n) is 1.43. The van der Waals surface area contributed by atoms with Gasteiger partial charge in [-0.1, -0.05) is 28.1 Å². The summed E-state index contributed by atoms with van der Waals surface area (Å²) in [6, 6.07) is 10.2. The molecule has 0 atom stereocenters. The van der Waals surface area contributed by atoms with Gasteiger partial charge in [-0.2, -0.15) is 0 Å². The molecule has 76 valence electrons. The van der Waals surface area contributed by atoms with Crippen LogP contribution in [0.15, 0.2) is 40.2 Å². The SMILES string of the molecule is O=Cc1cc(Cc2cccc(Br)c2)cs1. The minimum atomic E-state index is 0.792. The largest absolute Gasteiger partial charge is 0.297 e. The lowest BCUT2D eigenvalue weighted by Gasteiger charge is -1.99. The maximum absolute atomic E-state index is 10.5. The number of rotatable bonds is 3. The van der Waals surface area contributed by atoms with Crippen LogP contribution in [0.4, 0.5) is 0 Å². The van der Waals surface area contributed by atoms with Crippen molar-refractivity contribution in [3.63, 3.8) is 0 Å². The van der Waals surface area contributed by atoms with Gasteiger partial charge in [-0.05, 0) is 41.1 Å². The van der Waals surface area contributed by atoms with Crippen molar-refractivity contribution in [3.8, 4) is 0 Å². The van der Waals surface area contributed by atoms with Crippen LogP contribution in [-0.2, 0) is 6.42 Å². The second-order valence-corrected chi connectivity index (χ2v) is 5.14. The summed E-state index contributed by atoms with van der Waals surface area (Å²) in [4.78, 5) is 11.3. The topological polar surface area (TPSA) is 17.1 Å². The number of halogens is 1. The predicted octanol–water partition coefficient (Wildman–Crippen LogP) is 3.91. The van der Waals surface area contributed by atoms with Gasteiger partial charge < -0.3 is 0 Å². The summed E-state index contributed by atoms with van der Waals surface area (Å²) in [6.07, 6.45) is 1.78. The van der Waals surface area contributed by atoms with Crippen LogP contribution in [-0.4, -0.2) is 6.29 Å². The molecule has 0 amide bonds. The minimum absolute atomic E-state index is 0.792. The van der Waals surface area contributed by atoms with Crippen LogP contribution < -0.4 is 0 Å². The van der Waals surface area contributed by atoms with Crippen molar-refractivity contribution in [2.45, 2.75) is 6.42 Å². The Morgan fingerprint density at radius 1 is 1.27 bits per heavy atom. The third-order valence-corrected chi connectivity index (χ3v) is 3.49. The lowest BCUT2D eigenvalue weighted by Crippen LogP contribution is -1.84. The first kappa shape index (κ1) is 10.6. The normalized spacial score (nSPS) is 10.2. The van der Waals surface area contributed by atoms with E-state index in [-0.39, 0.29) is 0 Å². The quantitative estimate of drug-likeness (QED) is 0.779. The van der Waals surface area contributed by atoms with Gasteiger partial charge in [-0.15, -0.1) is 11.3 Å². The highest BCUT2D eigenvalue weighted by Gasteiger charge is 2.00. The molecule has 0 N–H and O–H groups in total. The summed E-state index contributed by atoms with van der Waals surface area (Å²) < 4.78 is 1.09. The molecule has 15 heavy (non-hydrogen) atoms. The van der Waals surface area contributed by atoms with Gasteiger partial charge in [-0.25, -0.2) is 0 Å². The van der Waals surface area contributed by atoms with Gasteiger partial charge in [0.25, 0.3) is 0 Å². The van der Waals surface area contributed by atoms with Crippen LogP contribution >= 0.6 is 27.3 Å². The van der Waals surface area contributed by atoms with E-state index in [1.807, 2.05) is 23.6 Å². The van der Waals surface area contributed by atoms with Crippen LogP contribution in [0.25, 0.3) is 0 Å². The number of carbonyl (C=O) groups excluding carboxylic acids is 1. The highest BCUT2D eigenvalue weighted by Crippen LogP contribution is 2.18. The van der Waals surface area contributed by atoms with E-state index in [9.17, 15) is 4.79 Å². The van der Waals surface area contributed by atoms with Crippen molar-refractivity contribution < 1.29 is 4.79 Å². The summed E-state index contributed by atoms with van der Waals surface area (Å²) >= 11 is 4.93. The van der Waals surface area contributed by atoms with Gasteiger partial charge >= 0.3 is 0 Å². The molecular formula is C12H9BrOS. The molecule has 0 bridgehead atoms. The molecule has 0 saturated heterocycles. The van der Waals surface area contributed by atoms with E-state index in [2.05, 4.69) is 28.1 Å². The zero-order chi connectivity index (χ0) is 10.7. The van der Waals surface area contributed by atoms with Crippen LogP contribution in [0.1, 0.15) is 20.8 Å². The molecule has 2 rings (SSSR count). The molecule has 3 heteroatoms. The Labute approximate surface area is 101 Å². The van der Waals surface area contributed by atoms with E-state index in [1.54, 1.807) is 0 Å². The number of hydrogen-bond acceptors (Lipinski definition) is 2. The van der Waals surface area contributed by atoms with Gasteiger partial charge in [0.2, 0.25) is 0 Å². The highest BCUT2D eigenvalue weighted by molar-refractivity contribution is 9.10. The summed E-state index contributed by atoms with van der Waals surface area (Å²) in [5.74, 6) is 0. The fraction of sp³-hybridized carbons (Fsp3) is 0.0833. The van der Waals surface area contributed by atoms with Crippen LogP contribution in [0.5, 0.6) is 0 Å². The Kier molecular flexibility index (Phi) is 3.34. The Balaban J connectivity index is 2.18. The number of benzene rings is 1. The van der Waals surface area contributed by atoms with Crippen molar-refractivity contribution in [2.24, 2.45) is 0 Å². The molecule has 0 fully saturated rings. The number of aldehydes is 1. The van der Waals surface area contributed by atoms with E-state index in [4.69, 9.17) is 0 Å². The smallest absolute Gasteiger partial charge is 0.160 e. The molecule has 1 aromatic heterocycles. The maximum Gasteiger partial charge on any atom is 0.160 e. The molecule has 0 unspecified atom stereocenters. The molecule has 0 saturated carbocycles. The molecule has 0 aliphatic heterocycles. The van der Waals surface area contributed by atoms with Crippen molar-refractivity contribution in [2.75, 3.05) is 0 Å². The maximum atomic E-state index is 10.5. The van der Waals surface area contributed by atoms with Gasteiger partial charge in [-0.3, -0.25) is 4.79 Å². The van der Waals surface area contributed by atoms with Gasteiger partial charge in [0.05, 0.1) is 4.88 Å². The second kappa shape index (κ2) is 4.73. The first-order chi connectivity index (χ1) is 7.28. The Morgan fingerprint density at radius 2 is 2.13 bits per heavy atom. The zero-order valence-corrected chi connectivity index (χ0v) is 10.3. The molecule has 0 aliphatic rings. The van der Waals surface area contributed by atoms with Crippen LogP contribution in [0.2, 0.25) is 0 Å². The first-order valence-electron chi connectivity index (χ1n) is 4.55. The number of thiophene rings is 1. The molecule has 0 spiro atoms. The zero-order valence-electron chi connectivity index (χ0n) is 7.94. The molecule has 0 radical (unpaired) electrons. The van der Waals surface area contributed by atoms with E-state index >= 15 is 0 Å². The fourth-order valence-corrected chi connectivity index (χ4v) is 2.59. The van der Waals surface area contributed by atoms with Gasteiger partial charge in [0.15, 0.2) is 6.29 Å². The lowest BCUT2D eigenvalue weighted by atomic mass is 10.1. The Bertz CT molecular complexity index is 476. The number of carbonyl (C=O) groups is 1. The molecule has 1 heterocycles. The first-order valence-corrected chi connectivity index (χ1v) is 6.22. The standard InChI is InChI=1S/C12H9BrOS/c13-11-3-1-2-9(5-11)4-10-6-12(7-14)15-8-10/h1-3,5-8H,4H2. The summed E-state index contributed by atoms with van der Waals surface area (Å²) in [6.45, 7) is 0. The average molecular weight is 281 g/mol. The third-order valence-electron chi connectivity index (χ3n) is 2.09. The van der Waals surface area contributed by atoms with E-state index in [1.165, 1.54) is 22.5 Å². The minimum Gasteiger partial charge on any atom is -0.297 e. The Hall–Kier alpha value is -0.930. The highest BCUT2D eigenvalue weighted by atomic mass is 79.9. The molecule has 2 aromatic rings. The average Bonchev–Trinajstić information content (AvgIpc) is 2.65. The predicted molar refractivity (Wildman–Crippen MR) is 66.7 cm³/mol. The third kappa shape index (κ3) is 2.76.